The molecule has 0 saturated carbocycles. The Morgan fingerprint density at radius 3 is 2.00 bits per heavy atom. The van der Waals surface area contributed by atoms with Crippen LogP contribution in [0.25, 0.3) is 0 Å². The summed E-state index contributed by atoms with van der Waals surface area (Å²) in [5.41, 5.74) is 0.272. The van der Waals surface area contributed by atoms with E-state index in [-0.39, 0.29) is 5.54 Å². The van der Waals surface area contributed by atoms with Crippen LogP contribution in [0.5, 0.6) is 0 Å². The summed E-state index contributed by atoms with van der Waals surface area (Å²) in [5.74, 6) is 0.894. The van der Waals surface area contributed by atoms with E-state index < -0.39 is 0 Å². The SMILES string of the molecule is CCC(CC)CN(CC)CCCCCCNC(C)(C)C. The van der Waals surface area contributed by atoms with Crippen molar-refractivity contribution < 1.29 is 0 Å². The number of hydrogen-bond acceptors (Lipinski definition) is 2. The first kappa shape index (κ1) is 19.9. The molecule has 122 valence electrons. The summed E-state index contributed by atoms with van der Waals surface area (Å²) in [5, 5.41) is 3.56. The molecule has 0 heterocycles. The summed E-state index contributed by atoms with van der Waals surface area (Å²) in [7, 11) is 0. The Hall–Kier alpha value is -0.0800. The van der Waals surface area contributed by atoms with Crippen molar-refractivity contribution in [3.63, 3.8) is 0 Å². The summed E-state index contributed by atoms with van der Waals surface area (Å²) >= 11 is 0. The number of rotatable bonds is 12. The highest BCUT2D eigenvalue weighted by molar-refractivity contribution is 4.69. The highest BCUT2D eigenvalue weighted by Crippen LogP contribution is 2.11. The van der Waals surface area contributed by atoms with E-state index in [9.17, 15) is 0 Å². The van der Waals surface area contributed by atoms with E-state index in [2.05, 4.69) is 51.8 Å². The van der Waals surface area contributed by atoms with Gasteiger partial charge in [0.2, 0.25) is 0 Å². The largest absolute Gasteiger partial charge is 0.312 e. The van der Waals surface area contributed by atoms with E-state index in [0.717, 1.165) is 12.5 Å². The fourth-order valence-corrected chi connectivity index (χ4v) is 2.57. The van der Waals surface area contributed by atoms with Crippen molar-refractivity contribution in [1.82, 2.24) is 10.2 Å². The molecule has 0 aliphatic carbocycles. The molecule has 0 amide bonds. The first-order chi connectivity index (χ1) is 9.42. The highest BCUT2D eigenvalue weighted by Gasteiger charge is 2.09. The monoisotopic (exact) mass is 284 g/mol. The van der Waals surface area contributed by atoms with Crippen molar-refractivity contribution >= 4 is 0 Å². The lowest BCUT2D eigenvalue weighted by molar-refractivity contribution is 0.229. The standard InChI is InChI=1S/C18H40N2/c1-7-17(8-2)16-20(9-3)15-13-11-10-12-14-19-18(4,5)6/h17,19H,7-16H2,1-6H3. The number of nitrogens with one attached hydrogen (secondary N) is 1. The van der Waals surface area contributed by atoms with Crippen LogP contribution < -0.4 is 5.32 Å². The average Bonchev–Trinajstić information content (AvgIpc) is 2.40. The van der Waals surface area contributed by atoms with Crippen LogP contribution in [-0.4, -0.2) is 36.6 Å². The zero-order chi connectivity index (χ0) is 15.4. The molecule has 0 saturated heterocycles. The lowest BCUT2D eigenvalue weighted by atomic mass is 10.0. The summed E-state index contributed by atoms with van der Waals surface area (Å²) in [4.78, 5) is 2.64. The van der Waals surface area contributed by atoms with Crippen LogP contribution in [-0.2, 0) is 0 Å². The second-order valence-corrected chi connectivity index (χ2v) is 7.17. The zero-order valence-electron chi connectivity index (χ0n) is 15.1. The maximum Gasteiger partial charge on any atom is 0.00965 e. The van der Waals surface area contributed by atoms with Crippen LogP contribution in [0.4, 0.5) is 0 Å². The van der Waals surface area contributed by atoms with Gasteiger partial charge in [0.15, 0.2) is 0 Å². The third-order valence-corrected chi connectivity index (χ3v) is 4.17. The quantitative estimate of drug-likeness (QED) is 0.523. The minimum atomic E-state index is 0.272. The van der Waals surface area contributed by atoms with Gasteiger partial charge in [-0.2, -0.15) is 0 Å². The Kier molecular flexibility index (Phi) is 11.5. The Morgan fingerprint density at radius 1 is 0.900 bits per heavy atom. The topological polar surface area (TPSA) is 15.3 Å². The Labute approximate surface area is 128 Å². The minimum absolute atomic E-state index is 0.272. The second-order valence-electron chi connectivity index (χ2n) is 7.17. The lowest BCUT2D eigenvalue weighted by Crippen LogP contribution is -2.36. The molecule has 0 aliphatic heterocycles. The normalized spacial score (nSPS) is 12.6. The molecule has 0 fully saturated rings. The van der Waals surface area contributed by atoms with Gasteiger partial charge in [0.05, 0.1) is 0 Å². The fourth-order valence-electron chi connectivity index (χ4n) is 2.57. The maximum absolute atomic E-state index is 3.56. The Morgan fingerprint density at radius 2 is 1.50 bits per heavy atom. The molecule has 2 heteroatoms. The molecule has 0 unspecified atom stereocenters. The lowest BCUT2D eigenvalue weighted by Gasteiger charge is -2.25. The van der Waals surface area contributed by atoms with Gasteiger partial charge in [0.25, 0.3) is 0 Å². The van der Waals surface area contributed by atoms with E-state index >= 15 is 0 Å². The molecule has 0 aliphatic rings. The van der Waals surface area contributed by atoms with E-state index in [4.69, 9.17) is 0 Å². The molecule has 0 radical (unpaired) electrons. The molecule has 1 N–H and O–H groups in total. The van der Waals surface area contributed by atoms with Crippen molar-refractivity contribution in [3.05, 3.63) is 0 Å². The van der Waals surface area contributed by atoms with Gasteiger partial charge in [-0.15, -0.1) is 0 Å². The van der Waals surface area contributed by atoms with E-state index in [0.29, 0.717) is 0 Å². The van der Waals surface area contributed by atoms with Gasteiger partial charge < -0.3 is 10.2 Å². The van der Waals surface area contributed by atoms with Crippen LogP contribution >= 0.6 is 0 Å². The first-order valence-electron chi connectivity index (χ1n) is 8.90. The molecule has 0 rings (SSSR count). The van der Waals surface area contributed by atoms with Crippen molar-refractivity contribution in [2.45, 2.75) is 85.6 Å². The molecule has 0 bridgehead atoms. The van der Waals surface area contributed by atoms with Crippen LogP contribution in [0.1, 0.15) is 80.1 Å². The fraction of sp³-hybridized carbons (Fsp3) is 1.00. The van der Waals surface area contributed by atoms with Crippen molar-refractivity contribution in [2.24, 2.45) is 5.92 Å². The average molecular weight is 285 g/mol. The smallest absolute Gasteiger partial charge is 0.00965 e. The van der Waals surface area contributed by atoms with Gasteiger partial charge in [-0.3, -0.25) is 0 Å². The third-order valence-electron chi connectivity index (χ3n) is 4.17. The molecule has 0 aromatic carbocycles. The van der Waals surface area contributed by atoms with Crippen LogP contribution in [0.3, 0.4) is 0 Å². The number of nitrogens with zero attached hydrogens (tertiary/aromatic N) is 1. The predicted octanol–water partition coefficient (Wildman–Crippen LogP) is 4.69. The van der Waals surface area contributed by atoms with Gasteiger partial charge in [-0.1, -0.05) is 46.5 Å². The van der Waals surface area contributed by atoms with Gasteiger partial charge in [-0.05, 0) is 59.2 Å². The molecular formula is C18H40N2. The molecule has 0 spiro atoms. The Balaban J connectivity index is 3.56. The maximum atomic E-state index is 3.56. The Bertz CT molecular complexity index is 204. The molecule has 0 atom stereocenters. The summed E-state index contributed by atoms with van der Waals surface area (Å²) < 4.78 is 0. The van der Waals surface area contributed by atoms with Gasteiger partial charge in [-0.25, -0.2) is 0 Å². The van der Waals surface area contributed by atoms with Crippen LogP contribution in [0.2, 0.25) is 0 Å². The minimum Gasteiger partial charge on any atom is -0.312 e. The molecule has 0 aromatic heterocycles. The zero-order valence-corrected chi connectivity index (χ0v) is 15.1. The van der Waals surface area contributed by atoms with Crippen molar-refractivity contribution in [1.29, 1.82) is 0 Å². The number of hydrogen-bond donors (Lipinski definition) is 1. The number of unbranched alkanes of at least 4 members (excludes halogenated alkanes) is 3. The van der Waals surface area contributed by atoms with Crippen molar-refractivity contribution in [3.8, 4) is 0 Å². The summed E-state index contributed by atoms with van der Waals surface area (Å²) in [6.45, 7) is 18.6. The second kappa shape index (κ2) is 11.6. The van der Waals surface area contributed by atoms with Gasteiger partial charge in [0, 0.05) is 12.1 Å². The molecular weight excluding hydrogens is 244 g/mol. The van der Waals surface area contributed by atoms with E-state index in [1.807, 2.05) is 0 Å². The van der Waals surface area contributed by atoms with Gasteiger partial charge in [0.1, 0.15) is 0 Å². The van der Waals surface area contributed by atoms with Crippen LogP contribution in [0.15, 0.2) is 0 Å². The van der Waals surface area contributed by atoms with Crippen LogP contribution in [0, 0.1) is 5.92 Å². The molecule has 20 heavy (non-hydrogen) atoms. The molecule has 2 nitrogen and oxygen atoms in total. The third kappa shape index (κ3) is 11.7. The highest BCUT2D eigenvalue weighted by atomic mass is 15.1. The van der Waals surface area contributed by atoms with E-state index in [1.54, 1.807) is 0 Å². The summed E-state index contributed by atoms with van der Waals surface area (Å²) in [6.07, 6.45) is 8.08. The van der Waals surface area contributed by atoms with E-state index in [1.165, 1.54) is 58.2 Å². The predicted molar refractivity (Wildman–Crippen MR) is 92.4 cm³/mol. The summed E-state index contributed by atoms with van der Waals surface area (Å²) in [6, 6.07) is 0. The molecule has 0 aromatic rings. The van der Waals surface area contributed by atoms with Crippen molar-refractivity contribution in [2.75, 3.05) is 26.2 Å². The first-order valence-corrected chi connectivity index (χ1v) is 8.90. The van der Waals surface area contributed by atoms with Gasteiger partial charge >= 0.3 is 0 Å².